The molecule has 1 aliphatic heterocycles. The summed E-state index contributed by atoms with van der Waals surface area (Å²) in [6.07, 6.45) is 3.59. The number of benzene rings is 1. The molecule has 29 heavy (non-hydrogen) atoms. The van der Waals surface area contributed by atoms with Gasteiger partial charge in [-0.05, 0) is 25.9 Å². The summed E-state index contributed by atoms with van der Waals surface area (Å²) >= 11 is 4.57. The van der Waals surface area contributed by atoms with Crippen LogP contribution in [0.2, 0.25) is 0 Å². The van der Waals surface area contributed by atoms with Gasteiger partial charge in [0.15, 0.2) is 0 Å². The van der Waals surface area contributed by atoms with Gasteiger partial charge in [-0.3, -0.25) is 0 Å². The van der Waals surface area contributed by atoms with E-state index in [4.69, 9.17) is 10.5 Å². The Morgan fingerprint density at radius 2 is 2.17 bits per heavy atom. The summed E-state index contributed by atoms with van der Waals surface area (Å²) in [4.78, 5) is 22.9. The van der Waals surface area contributed by atoms with E-state index >= 15 is 0 Å². The number of nitrogens with two attached hydrogens (primary N) is 1. The number of carbonyl (C=O) groups excluding carboxylic acids is 1. The Morgan fingerprint density at radius 3 is 2.83 bits per heavy atom. The van der Waals surface area contributed by atoms with Crippen LogP contribution in [0.15, 0.2) is 47.6 Å². The van der Waals surface area contributed by atoms with Crippen molar-refractivity contribution in [2.45, 2.75) is 18.9 Å². The molecular formula is C21H25N5NiO2. The van der Waals surface area contributed by atoms with E-state index in [0.717, 1.165) is 37.1 Å². The van der Waals surface area contributed by atoms with Crippen molar-refractivity contribution in [3.63, 3.8) is 0 Å². The third kappa shape index (κ3) is 5.72. The molecule has 1 unspecified atom stereocenters. The van der Waals surface area contributed by atoms with Crippen LogP contribution in [0.1, 0.15) is 40.5 Å². The summed E-state index contributed by atoms with van der Waals surface area (Å²) in [5.74, 6) is 0.0703. The maximum atomic E-state index is 12.5. The second kappa shape index (κ2) is 10.3. The number of hydrogen-bond acceptors (Lipinski definition) is 5. The van der Waals surface area contributed by atoms with Gasteiger partial charge in [0.05, 0.1) is 7.11 Å². The number of nitrogens with one attached hydrogen (secondary N) is 2. The third-order valence-electron chi connectivity index (χ3n) is 4.92. The van der Waals surface area contributed by atoms with Gasteiger partial charge in [0.2, 0.25) is 0 Å². The number of pyridine rings is 1. The van der Waals surface area contributed by atoms with Crippen LogP contribution in [0.5, 0.6) is 0 Å². The Hall–Kier alpha value is -2.57. The summed E-state index contributed by atoms with van der Waals surface area (Å²) < 4.78 is 5.09. The van der Waals surface area contributed by atoms with Gasteiger partial charge in [0.1, 0.15) is 0 Å². The van der Waals surface area contributed by atoms with Gasteiger partial charge in [0, 0.05) is 0 Å². The van der Waals surface area contributed by atoms with Crippen LogP contribution in [0.4, 0.5) is 5.69 Å². The molecule has 1 aromatic heterocycles. The second-order valence-corrected chi connectivity index (χ2v) is 7.14. The first-order valence-corrected chi connectivity index (χ1v) is 10.0. The van der Waals surface area contributed by atoms with Gasteiger partial charge in [-0.15, -0.1) is 0 Å². The van der Waals surface area contributed by atoms with E-state index in [2.05, 4.69) is 35.6 Å². The first-order chi connectivity index (χ1) is 14.1. The number of nitrogens with zero attached hydrogens (tertiary/aromatic N) is 2. The number of piperidine rings is 1. The number of amides is 1. The molecule has 0 saturated carbocycles. The number of hydrogen-bond donors (Lipinski definition) is 3. The van der Waals surface area contributed by atoms with E-state index in [-0.39, 0.29) is 18.0 Å². The molecule has 1 atom stereocenters. The molecule has 4 N–H and O–H groups in total. The standard InChI is InChI=1S/C21H25N5O2.Ni/c1-14-6-7-18(24-13-14)20(27)25-17-5-3-4-16(12-17)19(26-21(22)28-2)15-8-10-23-11-9-15;/h1,3-7,12-13,15,19,23H,8-11H2,2H3,(H2,22,26)(H,25,27);. The average molecular weight is 438 g/mol. The zero-order chi connectivity index (χ0) is 20.6. The van der Waals surface area contributed by atoms with Crippen LogP contribution in [0, 0.1) is 5.92 Å². The van der Waals surface area contributed by atoms with E-state index < -0.39 is 0 Å². The molecule has 0 spiro atoms. The molecular weight excluding hydrogens is 413 g/mol. The second-order valence-electron chi connectivity index (χ2n) is 6.85. The van der Waals surface area contributed by atoms with Crippen molar-refractivity contribution in [2.24, 2.45) is 16.6 Å². The number of methoxy groups -OCH3 is 1. The summed E-state index contributed by atoms with van der Waals surface area (Å²) in [6.45, 7) is 1.90. The van der Waals surface area contributed by atoms with E-state index in [9.17, 15) is 4.79 Å². The Labute approximate surface area is 178 Å². The molecule has 0 aliphatic carbocycles. The molecule has 1 amide bonds. The Morgan fingerprint density at radius 1 is 1.38 bits per heavy atom. The SMILES string of the molecule is COC(N)=NC(c1cccc(NC(=O)c2ccc([CH]=[Ni])cn2)c1)C1CCNCC1. The van der Waals surface area contributed by atoms with Crippen molar-refractivity contribution in [1.29, 1.82) is 0 Å². The minimum Gasteiger partial charge on any atom is -0.317 e. The van der Waals surface area contributed by atoms with Gasteiger partial charge >= 0.3 is 123 Å². The smallest absolute Gasteiger partial charge is 0.317 e. The quantitative estimate of drug-likeness (QED) is 0.364. The first-order valence-electron chi connectivity index (χ1n) is 9.46. The van der Waals surface area contributed by atoms with Crippen LogP contribution >= 0.6 is 0 Å². The van der Waals surface area contributed by atoms with Gasteiger partial charge < -0.3 is 15.8 Å². The monoisotopic (exact) mass is 437 g/mol. The summed E-state index contributed by atoms with van der Waals surface area (Å²) in [6, 6.07) is 11.1. The van der Waals surface area contributed by atoms with Crippen LogP contribution in [-0.2, 0) is 19.8 Å². The predicted octanol–water partition coefficient (Wildman–Crippen LogP) is 2.03. The van der Waals surface area contributed by atoms with Crippen molar-refractivity contribution in [1.82, 2.24) is 10.3 Å². The maximum absolute atomic E-state index is 12.5. The van der Waals surface area contributed by atoms with E-state index in [1.54, 1.807) is 23.3 Å². The fourth-order valence-corrected chi connectivity index (χ4v) is 3.56. The molecule has 1 aromatic carbocycles. The zero-order valence-electron chi connectivity index (χ0n) is 16.2. The fraction of sp³-hybridized carbons (Fsp3) is 0.333. The first kappa shape index (κ1) is 21.1. The van der Waals surface area contributed by atoms with E-state index in [1.807, 2.05) is 24.3 Å². The molecule has 0 bridgehead atoms. The number of aliphatic imine (C=N–C) groups is 1. The van der Waals surface area contributed by atoms with Crippen molar-refractivity contribution in [2.75, 3.05) is 25.5 Å². The van der Waals surface area contributed by atoms with Gasteiger partial charge in [-0.1, -0.05) is 0 Å². The van der Waals surface area contributed by atoms with E-state index in [0.29, 0.717) is 17.3 Å². The molecule has 156 valence electrons. The Balaban J connectivity index is 1.81. The molecule has 8 heteroatoms. The van der Waals surface area contributed by atoms with Crippen LogP contribution in [-0.4, -0.2) is 42.1 Å². The Kier molecular flexibility index (Phi) is 7.50. The molecule has 1 fully saturated rings. The van der Waals surface area contributed by atoms with Crippen molar-refractivity contribution >= 4 is 22.6 Å². The zero-order valence-corrected chi connectivity index (χ0v) is 17.2. The number of anilines is 1. The fourth-order valence-electron chi connectivity index (χ4n) is 3.39. The van der Waals surface area contributed by atoms with Crippen LogP contribution in [0.3, 0.4) is 0 Å². The number of rotatable bonds is 6. The molecule has 7 nitrogen and oxygen atoms in total. The normalized spacial score (nSPS) is 16.2. The number of amidine groups is 1. The van der Waals surface area contributed by atoms with Gasteiger partial charge in [0.25, 0.3) is 6.02 Å². The molecule has 3 rings (SSSR count). The number of aromatic nitrogens is 1. The minimum atomic E-state index is -0.278. The number of carbonyl (C=O) groups is 1. The molecule has 1 aliphatic rings. The van der Waals surface area contributed by atoms with Crippen LogP contribution in [0.25, 0.3) is 0 Å². The molecule has 0 radical (unpaired) electrons. The summed E-state index contributed by atoms with van der Waals surface area (Å²) in [7, 11) is 1.51. The van der Waals surface area contributed by atoms with Gasteiger partial charge in [-0.2, -0.15) is 0 Å². The molecule has 2 aromatic rings. The predicted molar refractivity (Wildman–Crippen MR) is 111 cm³/mol. The topological polar surface area (TPSA) is 102 Å². The summed E-state index contributed by atoms with van der Waals surface area (Å²) in [5.41, 5.74) is 8.67. The van der Waals surface area contributed by atoms with Crippen LogP contribution < -0.4 is 16.4 Å². The third-order valence-corrected chi connectivity index (χ3v) is 5.25. The minimum absolute atomic E-state index is 0.129. The average Bonchev–Trinajstić information content (AvgIpc) is 2.78. The summed E-state index contributed by atoms with van der Waals surface area (Å²) in [5, 5.41) is 6.27. The van der Waals surface area contributed by atoms with Crippen molar-refractivity contribution in [3.05, 3.63) is 59.4 Å². The van der Waals surface area contributed by atoms with E-state index in [1.165, 1.54) is 7.11 Å². The molecule has 1 saturated heterocycles. The van der Waals surface area contributed by atoms with Crippen molar-refractivity contribution in [3.8, 4) is 0 Å². The van der Waals surface area contributed by atoms with Crippen molar-refractivity contribution < 1.29 is 24.6 Å². The molecule has 2 heterocycles. The number of ether oxygens (including phenoxy) is 1. The Bertz CT molecular complexity index is 879. The van der Waals surface area contributed by atoms with Gasteiger partial charge in [-0.25, -0.2) is 0 Å².